The van der Waals surface area contributed by atoms with Gasteiger partial charge >= 0.3 is 0 Å². The second-order valence-electron chi connectivity index (χ2n) is 9.54. The van der Waals surface area contributed by atoms with Crippen LogP contribution in [0.15, 0.2) is 248 Å². The topological polar surface area (TPSA) is 410 Å². The summed E-state index contributed by atoms with van der Waals surface area (Å²) in [7, 11) is 0. The normalized spacial score (nSPS) is 8.06. The van der Waals surface area contributed by atoms with Crippen LogP contribution in [0.3, 0.4) is 0 Å². The van der Waals surface area contributed by atoms with Crippen molar-refractivity contribution in [1.82, 2.24) is 122 Å². The molecule has 7 N–H and O–H groups in total. The molecule has 12 aromatic heterocycles. The molecule has 0 bridgehead atoms. The number of rotatable bonds is 1. The number of aromatic amines is 4. The van der Waals surface area contributed by atoms with E-state index in [0.29, 0.717) is 0 Å². The molecule has 0 aromatic carbocycles. The molecule has 0 aliphatic carbocycles. The number of tetrazole rings is 1. The number of allylic oxidation sites excluding steroid dienone is 1. The van der Waals surface area contributed by atoms with Gasteiger partial charge in [-0.1, -0.05) is 21.6 Å². The molecule has 0 unspecified atom stereocenters. The van der Waals surface area contributed by atoms with Crippen molar-refractivity contribution in [2.24, 2.45) is 5.73 Å². The van der Waals surface area contributed by atoms with Crippen LogP contribution in [0, 0.1) is 5.41 Å². The van der Waals surface area contributed by atoms with E-state index in [1.54, 1.807) is 141 Å². The van der Waals surface area contributed by atoms with Gasteiger partial charge in [0.1, 0.15) is 31.5 Å². The average molecular weight is 959 g/mol. The summed E-state index contributed by atoms with van der Waals surface area (Å²) in [6.07, 6.45) is 46.6. The van der Waals surface area contributed by atoms with Crippen LogP contribution in [0.1, 0.15) is 0 Å². The Bertz CT molecular complexity index is 1730. The first-order valence-electron chi connectivity index (χ1n) is 18.6. The van der Waals surface area contributed by atoms with Gasteiger partial charge in [0, 0.05) is 92.2 Å². The predicted octanol–water partition coefficient (Wildman–Crippen LogP) is 4.40. The van der Waals surface area contributed by atoms with E-state index in [1.165, 1.54) is 69.2 Å². The third kappa shape index (κ3) is 57.4. The molecule has 0 aliphatic rings. The van der Waals surface area contributed by atoms with Gasteiger partial charge < -0.3 is 29.6 Å². The lowest BCUT2D eigenvalue weighted by atomic mass is 10.5. The highest BCUT2D eigenvalue weighted by Gasteiger charge is 1.65. The lowest BCUT2D eigenvalue weighted by Gasteiger charge is -1.70. The molecule has 0 fully saturated rings. The molecule has 12 rings (SSSR count). The van der Waals surface area contributed by atoms with Crippen molar-refractivity contribution in [2.45, 2.75) is 0 Å². The van der Waals surface area contributed by atoms with E-state index in [0.717, 1.165) is 6.21 Å². The smallest absolute Gasteiger partial charge is 0.213 e. The van der Waals surface area contributed by atoms with Gasteiger partial charge in [-0.25, -0.2) is 29.9 Å². The van der Waals surface area contributed by atoms with E-state index >= 15 is 0 Å². The molecule has 356 valence electrons. The molecular formula is C39H46N26O3S. The van der Waals surface area contributed by atoms with Crippen LogP contribution in [0.4, 0.5) is 0 Å². The lowest BCUT2D eigenvalue weighted by molar-refractivity contribution is 0.416. The monoisotopic (exact) mass is 958 g/mol. The molecular weight excluding hydrogens is 913 g/mol. The Morgan fingerprint density at radius 2 is 1.22 bits per heavy atom. The third-order valence-corrected chi connectivity index (χ3v) is 5.40. The van der Waals surface area contributed by atoms with E-state index in [1.807, 2.05) is 35.7 Å². The Kier molecular flexibility index (Phi) is 48.5. The van der Waals surface area contributed by atoms with Crippen LogP contribution in [-0.4, -0.2) is 128 Å². The molecule has 69 heavy (non-hydrogen) atoms. The fraction of sp³-hybridized carbons (Fsp3) is 0. The summed E-state index contributed by atoms with van der Waals surface area (Å²) in [6.45, 7) is 0. The first-order chi connectivity index (χ1) is 34.4. The molecule has 29 nitrogen and oxygen atoms in total. The second-order valence-corrected chi connectivity index (χ2v) is 10.3. The zero-order valence-corrected chi connectivity index (χ0v) is 37.0. The molecule has 30 heteroatoms. The Morgan fingerprint density at radius 1 is 0.478 bits per heavy atom. The SMILES string of the molecule is N=C/C=C\N.c1c[nH]cn1.c1ccncc1.c1ccnnc1.c1cn[nH]n1.c1cnccn1.c1cncnc1.c1cnoc1.c1cocn1.c1cscn1.c1nc[nH]n1.c1ncon1.c1nn[nH]n1. The Hall–Kier alpha value is -10.6. The van der Waals surface area contributed by atoms with E-state index in [9.17, 15) is 0 Å². The van der Waals surface area contributed by atoms with E-state index in [4.69, 9.17) is 11.1 Å². The van der Waals surface area contributed by atoms with Crippen LogP contribution < -0.4 is 5.73 Å². The van der Waals surface area contributed by atoms with E-state index in [-0.39, 0.29) is 0 Å². The van der Waals surface area contributed by atoms with Crippen LogP contribution >= 0.6 is 11.3 Å². The summed E-state index contributed by atoms with van der Waals surface area (Å²) >= 11 is 1.60. The number of thiazole rings is 1. The maximum Gasteiger partial charge on any atom is 0.213 e. The molecule has 12 aromatic rings. The number of hydrogen-bond donors (Lipinski definition) is 6. The van der Waals surface area contributed by atoms with Gasteiger partial charge in [0.2, 0.25) is 6.39 Å². The number of imidazole rings is 1. The first-order valence-corrected chi connectivity index (χ1v) is 19.5. The van der Waals surface area contributed by atoms with Gasteiger partial charge in [0.15, 0.2) is 19.0 Å². The lowest BCUT2D eigenvalue weighted by Crippen LogP contribution is -1.73. The van der Waals surface area contributed by atoms with Gasteiger partial charge in [0.25, 0.3) is 0 Å². The number of nitrogens with one attached hydrogen (secondary N) is 5. The van der Waals surface area contributed by atoms with Gasteiger partial charge in [0.05, 0.1) is 36.6 Å². The van der Waals surface area contributed by atoms with Gasteiger partial charge in [-0.3, -0.25) is 25.0 Å². The highest BCUT2D eigenvalue weighted by Crippen LogP contribution is 1.86. The number of nitrogens with two attached hydrogens (primary N) is 1. The number of H-pyrrole nitrogens is 4. The van der Waals surface area contributed by atoms with Crippen LogP contribution in [0.2, 0.25) is 0 Å². The summed E-state index contributed by atoms with van der Waals surface area (Å²) in [4.78, 5) is 39.3. The van der Waals surface area contributed by atoms with Crippen molar-refractivity contribution in [3.8, 4) is 0 Å². The minimum Gasteiger partial charge on any atom is -0.452 e. The fourth-order valence-corrected chi connectivity index (χ4v) is 2.82. The minimum atomic E-state index is 1.12. The van der Waals surface area contributed by atoms with Gasteiger partial charge in [-0.05, 0) is 48.7 Å². The Balaban J connectivity index is 0.000000727. The number of pyridine rings is 1. The number of hydrogen-bond acceptors (Lipinski definition) is 26. The molecule has 0 atom stereocenters. The largest absolute Gasteiger partial charge is 0.452 e. The van der Waals surface area contributed by atoms with Crippen molar-refractivity contribution in [2.75, 3.05) is 0 Å². The summed E-state index contributed by atoms with van der Waals surface area (Å²) in [5.74, 6) is 0. The number of nitrogens with zero attached hydrogens (tertiary/aromatic N) is 20. The molecule has 0 aliphatic heterocycles. The molecule has 12 heterocycles. The van der Waals surface area contributed by atoms with Crippen molar-refractivity contribution in [3.63, 3.8) is 0 Å². The zero-order chi connectivity index (χ0) is 49.4. The van der Waals surface area contributed by atoms with E-state index in [2.05, 4.69) is 135 Å². The van der Waals surface area contributed by atoms with Gasteiger partial charge in [-0.2, -0.15) is 35.9 Å². The van der Waals surface area contributed by atoms with Crippen LogP contribution in [0.5, 0.6) is 0 Å². The molecule has 0 saturated carbocycles. The Labute approximate surface area is 396 Å². The minimum absolute atomic E-state index is 1.12. The number of aromatic nitrogens is 24. The van der Waals surface area contributed by atoms with Crippen LogP contribution in [-0.2, 0) is 0 Å². The van der Waals surface area contributed by atoms with Crippen LogP contribution in [0.25, 0.3) is 0 Å². The van der Waals surface area contributed by atoms with Crippen molar-refractivity contribution < 1.29 is 13.5 Å². The first kappa shape index (κ1) is 58.4. The third-order valence-electron chi connectivity index (χ3n) is 4.87. The molecule has 0 radical (unpaired) electrons. The maximum atomic E-state index is 6.31. The van der Waals surface area contributed by atoms with Crippen molar-refractivity contribution >= 4 is 17.6 Å². The predicted molar refractivity (Wildman–Crippen MR) is 247 cm³/mol. The molecule has 0 amide bonds. The average Bonchev–Trinajstić information content (AvgIpc) is 4.30. The zero-order valence-electron chi connectivity index (χ0n) is 36.2. The summed E-state index contributed by atoms with van der Waals surface area (Å²) in [6, 6.07) is 12.9. The molecule has 0 saturated heterocycles. The van der Waals surface area contributed by atoms with Crippen molar-refractivity contribution in [1.29, 1.82) is 5.41 Å². The maximum absolute atomic E-state index is 6.31. The fourth-order valence-electron chi connectivity index (χ4n) is 2.47. The summed E-state index contributed by atoms with van der Waals surface area (Å²) in [5.41, 5.74) is 6.60. The molecule has 0 spiro atoms. The standard InChI is InChI=1S/C5H5N.3C4H4N2.C3H4N2.C3H6N2.2C3H3NO.C3H3NS.2C2H3N3.C2H2N2O.CH2N4/c1-2-4-6-5-3-1;1-2-6-4-3-5-1;1-2-5-4-6-3-1;1-2-4-6-5-3-1;1-2-5-3-4-1;4-2-1-3-5;1-2-5-3-4-1;1-2-4-5-3-1;1-2-5-3-4-1;1-3-2-5-4-1;1-2-4-5-3-1;1-3-2-5-4-1;1-2-4-5-3-1/h1-5H;3*1-4H;1-3H,(H,4,5);1-4H,5H2;3*1-3H;2*1-2H,(H,3,4,5);1-2H;1H,(H,2,3,4,5)/b;;;;;3-1-,4-2?;;;;;;;. The van der Waals surface area contributed by atoms with Crippen molar-refractivity contribution in [3.05, 3.63) is 234 Å². The quantitative estimate of drug-likeness (QED) is 0.124. The number of oxazole rings is 1. The van der Waals surface area contributed by atoms with E-state index < -0.39 is 0 Å². The summed E-state index contributed by atoms with van der Waals surface area (Å²) < 4.78 is 13.0. The second kappa shape index (κ2) is 57.3. The summed E-state index contributed by atoms with van der Waals surface area (Å²) in [5, 5.41) is 49.4. The van der Waals surface area contributed by atoms with Gasteiger partial charge in [-0.15, -0.1) is 21.5 Å². The highest BCUT2D eigenvalue weighted by molar-refractivity contribution is 7.07. The highest BCUT2D eigenvalue weighted by atomic mass is 32.1. The Morgan fingerprint density at radius 3 is 1.39 bits per heavy atom.